The molecule has 0 radical (unpaired) electrons. The van der Waals surface area contributed by atoms with Crippen LogP contribution in [0.15, 0.2) is 30.3 Å². The zero-order valence-corrected chi connectivity index (χ0v) is 15.6. The number of Topliss-reactive ketones (excluding diaryl/α,β-unsaturated/α-hetero) is 1. The average Bonchev–Trinajstić information content (AvgIpc) is 3.16. The van der Waals surface area contributed by atoms with E-state index >= 15 is 0 Å². The number of ether oxygens (including phenoxy) is 3. The highest BCUT2D eigenvalue weighted by Gasteiger charge is 2.35. The smallest absolute Gasteiger partial charge is 0.270 e. The Balaban J connectivity index is 1.70. The van der Waals surface area contributed by atoms with Crippen LogP contribution in [0.3, 0.4) is 0 Å². The Morgan fingerprint density at radius 1 is 1.36 bits per heavy atom. The fraction of sp³-hybridized carbons (Fsp3) is 0.350. The number of hydrogen-bond donors (Lipinski definition) is 0. The van der Waals surface area contributed by atoms with E-state index in [0.29, 0.717) is 22.8 Å². The zero-order valence-electron chi connectivity index (χ0n) is 15.6. The largest absolute Gasteiger partial charge is 0.492 e. The second kappa shape index (κ2) is 7.12. The molecule has 0 saturated heterocycles. The second-order valence-electron chi connectivity index (χ2n) is 6.90. The highest BCUT2D eigenvalue weighted by molar-refractivity contribution is 5.97. The summed E-state index contributed by atoms with van der Waals surface area (Å²) >= 11 is 0. The predicted octanol–water partition coefficient (Wildman–Crippen LogP) is 3.13. The molecule has 146 valence electrons. The molecule has 1 atom stereocenters. The van der Waals surface area contributed by atoms with Crippen LogP contribution in [0.5, 0.6) is 17.2 Å². The summed E-state index contributed by atoms with van der Waals surface area (Å²) in [5.41, 5.74) is 2.22. The molecule has 8 heteroatoms. The number of carbonyl (C=O) groups is 1. The topological polar surface area (TPSA) is 91.1 Å². The van der Waals surface area contributed by atoms with E-state index in [9.17, 15) is 14.9 Å². The molecule has 0 saturated carbocycles. The van der Waals surface area contributed by atoms with Gasteiger partial charge in [-0.3, -0.25) is 19.8 Å². The normalized spacial score (nSPS) is 17.9. The first-order chi connectivity index (χ1) is 13.5. The van der Waals surface area contributed by atoms with Gasteiger partial charge in [-0.1, -0.05) is 12.1 Å². The molecule has 2 aliphatic heterocycles. The molecule has 2 aromatic carbocycles. The summed E-state index contributed by atoms with van der Waals surface area (Å²) in [6, 6.07) is 7.57. The Bertz CT molecular complexity index is 958. The van der Waals surface area contributed by atoms with E-state index in [1.54, 1.807) is 13.2 Å². The van der Waals surface area contributed by atoms with Crippen LogP contribution in [0.4, 0.5) is 5.69 Å². The monoisotopic (exact) mass is 384 g/mol. The molecule has 1 unspecified atom stereocenters. The number of nitro benzene ring substituents is 1. The number of rotatable bonds is 5. The molecule has 0 N–H and O–H groups in total. The van der Waals surface area contributed by atoms with Gasteiger partial charge in [0.25, 0.3) is 5.69 Å². The predicted molar refractivity (Wildman–Crippen MR) is 100 cm³/mol. The summed E-state index contributed by atoms with van der Waals surface area (Å²) in [4.78, 5) is 25.5. The standard InChI is InChI=1S/C20H20N2O6/c1-21-7-6-13-9-17-19(28-11-27-17)20(26-2)18(13)15(21)10-16(23)12-4-3-5-14(8-12)22(24)25/h3-5,8-9,15H,6-7,10-11H2,1-2H3. The Labute approximate surface area is 161 Å². The van der Waals surface area contributed by atoms with Gasteiger partial charge < -0.3 is 14.2 Å². The van der Waals surface area contributed by atoms with Crippen molar-refractivity contribution >= 4 is 11.5 Å². The van der Waals surface area contributed by atoms with Crippen LogP contribution >= 0.6 is 0 Å². The first-order valence-corrected chi connectivity index (χ1v) is 8.97. The molecular formula is C20H20N2O6. The van der Waals surface area contributed by atoms with Gasteiger partial charge in [-0.05, 0) is 25.1 Å². The second-order valence-corrected chi connectivity index (χ2v) is 6.90. The van der Waals surface area contributed by atoms with E-state index in [4.69, 9.17) is 14.2 Å². The van der Waals surface area contributed by atoms with E-state index in [0.717, 1.165) is 24.1 Å². The van der Waals surface area contributed by atoms with E-state index in [1.165, 1.54) is 18.2 Å². The average molecular weight is 384 g/mol. The number of likely N-dealkylation sites (N-methyl/N-ethyl adjacent to an activating group) is 1. The minimum atomic E-state index is -0.498. The van der Waals surface area contributed by atoms with Crippen LogP contribution in [-0.2, 0) is 6.42 Å². The number of nitro groups is 1. The van der Waals surface area contributed by atoms with Gasteiger partial charge in [0.2, 0.25) is 12.5 Å². The molecule has 0 amide bonds. The molecule has 0 aromatic heterocycles. The first kappa shape index (κ1) is 18.2. The Morgan fingerprint density at radius 2 is 2.18 bits per heavy atom. The van der Waals surface area contributed by atoms with E-state index in [-0.39, 0.29) is 30.7 Å². The van der Waals surface area contributed by atoms with Crippen LogP contribution in [0.2, 0.25) is 0 Å². The Hall–Kier alpha value is -3.13. The molecule has 8 nitrogen and oxygen atoms in total. The molecule has 0 fully saturated rings. The molecule has 0 spiro atoms. The lowest BCUT2D eigenvalue weighted by Crippen LogP contribution is -2.34. The van der Waals surface area contributed by atoms with Crippen LogP contribution in [0.25, 0.3) is 0 Å². The van der Waals surface area contributed by atoms with Gasteiger partial charge in [0.15, 0.2) is 17.3 Å². The van der Waals surface area contributed by atoms with Crippen molar-refractivity contribution in [1.82, 2.24) is 4.90 Å². The van der Waals surface area contributed by atoms with Crippen molar-refractivity contribution in [3.8, 4) is 17.2 Å². The van der Waals surface area contributed by atoms with Gasteiger partial charge in [0.05, 0.1) is 12.0 Å². The fourth-order valence-corrected chi connectivity index (χ4v) is 3.87. The maximum Gasteiger partial charge on any atom is 0.270 e. The van der Waals surface area contributed by atoms with Gasteiger partial charge in [-0.2, -0.15) is 0 Å². The van der Waals surface area contributed by atoms with Crippen molar-refractivity contribution in [2.45, 2.75) is 18.9 Å². The maximum absolute atomic E-state index is 12.9. The molecule has 4 rings (SSSR count). The van der Waals surface area contributed by atoms with Crippen molar-refractivity contribution in [2.75, 3.05) is 27.5 Å². The van der Waals surface area contributed by atoms with Crippen LogP contribution in [0, 0.1) is 10.1 Å². The van der Waals surface area contributed by atoms with Crippen molar-refractivity contribution in [3.63, 3.8) is 0 Å². The third-order valence-electron chi connectivity index (χ3n) is 5.30. The number of nitrogens with zero attached hydrogens (tertiary/aromatic N) is 2. The number of carbonyl (C=O) groups excluding carboxylic acids is 1. The summed E-state index contributed by atoms with van der Waals surface area (Å²) in [5, 5.41) is 11.0. The highest BCUT2D eigenvalue weighted by Crippen LogP contribution is 2.50. The van der Waals surface area contributed by atoms with Crippen LogP contribution in [0.1, 0.15) is 33.9 Å². The van der Waals surface area contributed by atoms with Crippen molar-refractivity contribution < 1.29 is 23.9 Å². The van der Waals surface area contributed by atoms with Gasteiger partial charge in [0.1, 0.15) is 0 Å². The quantitative estimate of drug-likeness (QED) is 0.444. The molecule has 2 aromatic rings. The molecule has 2 aliphatic rings. The van der Waals surface area contributed by atoms with E-state index in [2.05, 4.69) is 4.90 Å². The lowest BCUT2D eigenvalue weighted by Gasteiger charge is -2.35. The van der Waals surface area contributed by atoms with Crippen LogP contribution in [-0.4, -0.2) is 43.1 Å². The maximum atomic E-state index is 12.9. The minimum Gasteiger partial charge on any atom is -0.492 e. The number of non-ortho nitro benzene ring substituents is 1. The van der Waals surface area contributed by atoms with Gasteiger partial charge in [0, 0.05) is 42.3 Å². The third kappa shape index (κ3) is 3.05. The minimum absolute atomic E-state index is 0.0933. The summed E-state index contributed by atoms with van der Waals surface area (Å²) in [6.07, 6.45) is 0.987. The molecular weight excluding hydrogens is 364 g/mol. The first-order valence-electron chi connectivity index (χ1n) is 8.97. The molecule has 28 heavy (non-hydrogen) atoms. The molecule has 0 aliphatic carbocycles. The summed E-state index contributed by atoms with van der Waals surface area (Å²) in [6.45, 7) is 0.921. The molecule has 2 heterocycles. The third-order valence-corrected chi connectivity index (χ3v) is 5.30. The lowest BCUT2D eigenvalue weighted by atomic mass is 9.87. The highest BCUT2D eigenvalue weighted by atomic mass is 16.7. The van der Waals surface area contributed by atoms with Crippen LogP contribution < -0.4 is 14.2 Å². The summed E-state index contributed by atoms with van der Waals surface area (Å²) in [7, 11) is 3.53. The zero-order chi connectivity index (χ0) is 19.8. The number of ketones is 1. The van der Waals surface area contributed by atoms with Crippen molar-refractivity contribution in [2.24, 2.45) is 0 Å². The summed E-state index contributed by atoms with van der Waals surface area (Å²) < 4.78 is 16.7. The Morgan fingerprint density at radius 3 is 2.93 bits per heavy atom. The number of hydrogen-bond acceptors (Lipinski definition) is 7. The van der Waals surface area contributed by atoms with E-state index in [1.807, 2.05) is 13.1 Å². The lowest BCUT2D eigenvalue weighted by molar-refractivity contribution is -0.384. The summed E-state index contributed by atoms with van der Waals surface area (Å²) in [5.74, 6) is 1.65. The molecule has 0 bridgehead atoms. The van der Waals surface area contributed by atoms with E-state index < -0.39 is 4.92 Å². The SMILES string of the molecule is COc1c2c(cc3c1C(CC(=O)c1cccc([N+](=O)[O-])c1)N(C)CC3)OCO2. The number of benzene rings is 2. The van der Waals surface area contributed by atoms with Crippen molar-refractivity contribution in [3.05, 3.63) is 57.1 Å². The number of methoxy groups -OCH3 is 1. The Kier molecular flexibility index (Phi) is 4.64. The number of fused-ring (bicyclic) bond motifs is 2. The van der Waals surface area contributed by atoms with Gasteiger partial charge >= 0.3 is 0 Å². The fourth-order valence-electron chi connectivity index (χ4n) is 3.87. The van der Waals surface area contributed by atoms with Gasteiger partial charge in [-0.25, -0.2) is 0 Å². The van der Waals surface area contributed by atoms with Crippen molar-refractivity contribution in [1.29, 1.82) is 0 Å². The van der Waals surface area contributed by atoms with Gasteiger partial charge in [-0.15, -0.1) is 0 Å².